The predicted molar refractivity (Wildman–Crippen MR) is 81.5 cm³/mol. The van der Waals surface area contributed by atoms with Gasteiger partial charge in [0, 0.05) is 28.7 Å². The van der Waals surface area contributed by atoms with E-state index in [0.717, 1.165) is 40.2 Å². The lowest BCUT2D eigenvalue weighted by Crippen LogP contribution is -2.20. The fourth-order valence-electron chi connectivity index (χ4n) is 2.93. The molecule has 4 heteroatoms. The second kappa shape index (κ2) is 4.78. The third kappa shape index (κ3) is 2.28. The maximum Gasteiger partial charge on any atom is 0.123 e. The quantitative estimate of drug-likeness (QED) is 0.682. The van der Waals surface area contributed by atoms with E-state index in [4.69, 9.17) is 16.3 Å². The topological polar surface area (TPSA) is 14.2 Å². The second-order valence-corrected chi connectivity index (χ2v) is 5.80. The molecule has 1 aliphatic heterocycles. The Morgan fingerprint density at radius 3 is 3.00 bits per heavy atom. The van der Waals surface area contributed by atoms with Crippen LogP contribution in [0.4, 0.5) is 4.39 Å². The van der Waals surface area contributed by atoms with Crippen molar-refractivity contribution < 1.29 is 9.13 Å². The Labute approximate surface area is 126 Å². The summed E-state index contributed by atoms with van der Waals surface area (Å²) in [6.45, 7) is 0.722. The number of benzene rings is 2. The molecule has 1 atom stereocenters. The van der Waals surface area contributed by atoms with Crippen molar-refractivity contribution in [3.05, 3.63) is 65.1 Å². The lowest BCUT2D eigenvalue weighted by molar-refractivity contribution is 0.211. The van der Waals surface area contributed by atoms with Crippen molar-refractivity contribution in [2.45, 2.75) is 19.1 Å². The molecule has 0 fully saturated rings. The van der Waals surface area contributed by atoms with Crippen LogP contribution in [0.25, 0.3) is 10.9 Å². The van der Waals surface area contributed by atoms with Gasteiger partial charge in [0.2, 0.25) is 0 Å². The highest BCUT2D eigenvalue weighted by Crippen LogP contribution is 2.30. The van der Waals surface area contributed by atoms with Crippen molar-refractivity contribution >= 4 is 22.5 Å². The number of hydrogen-bond donors (Lipinski definition) is 0. The molecule has 0 aliphatic carbocycles. The van der Waals surface area contributed by atoms with E-state index in [1.807, 2.05) is 24.4 Å². The van der Waals surface area contributed by atoms with E-state index >= 15 is 0 Å². The normalized spacial score (nSPS) is 17.0. The summed E-state index contributed by atoms with van der Waals surface area (Å²) in [5.74, 6) is 0.576. The number of rotatable bonds is 2. The van der Waals surface area contributed by atoms with Gasteiger partial charge in [-0.3, -0.25) is 0 Å². The van der Waals surface area contributed by atoms with Crippen LogP contribution >= 0.6 is 11.6 Å². The second-order valence-electron chi connectivity index (χ2n) is 5.37. The molecule has 4 rings (SSSR count). The largest absolute Gasteiger partial charge is 0.488 e. The van der Waals surface area contributed by atoms with E-state index in [9.17, 15) is 4.39 Å². The van der Waals surface area contributed by atoms with Crippen molar-refractivity contribution in [2.75, 3.05) is 0 Å². The van der Waals surface area contributed by atoms with Crippen molar-refractivity contribution in [1.29, 1.82) is 0 Å². The molecule has 0 saturated carbocycles. The summed E-state index contributed by atoms with van der Waals surface area (Å²) in [5.41, 5.74) is 2.03. The number of fused-ring (bicyclic) bond motifs is 2. The summed E-state index contributed by atoms with van der Waals surface area (Å²) in [5, 5.41) is 1.88. The molecule has 0 bridgehead atoms. The fraction of sp³-hybridized carbons (Fsp3) is 0.176. The van der Waals surface area contributed by atoms with E-state index in [-0.39, 0.29) is 11.9 Å². The minimum atomic E-state index is -0.212. The SMILES string of the molecule is Fc1ccc2c(c1)CC(Cn1ccc3ccc(Cl)cc31)O2. The van der Waals surface area contributed by atoms with Gasteiger partial charge >= 0.3 is 0 Å². The van der Waals surface area contributed by atoms with Crippen molar-refractivity contribution in [3.8, 4) is 5.75 Å². The molecule has 1 aromatic heterocycles. The Hall–Kier alpha value is -2.00. The molecule has 0 amide bonds. The number of nitrogens with zero attached hydrogens (tertiary/aromatic N) is 1. The Morgan fingerprint density at radius 1 is 1.19 bits per heavy atom. The molecule has 21 heavy (non-hydrogen) atoms. The summed E-state index contributed by atoms with van der Waals surface area (Å²) < 4.78 is 21.3. The smallest absolute Gasteiger partial charge is 0.123 e. The van der Waals surface area contributed by atoms with Crippen LogP contribution in [0.2, 0.25) is 5.02 Å². The average Bonchev–Trinajstić information content (AvgIpc) is 3.02. The molecule has 2 nitrogen and oxygen atoms in total. The van der Waals surface area contributed by atoms with Crippen LogP contribution in [-0.2, 0) is 13.0 Å². The summed E-state index contributed by atoms with van der Waals surface area (Å²) in [6.07, 6.45) is 2.79. The third-order valence-electron chi connectivity index (χ3n) is 3.90. The molecule has 0 saturated heterocycles. The zero-order valence-corrected chi connectivity index (χ0v) is 12.0. The van der Waals surface area contributed by atoms with Crippen molar-refractivity contribution in [1.82, 2.24) is 4.57 Å². The van der Waals surface area contributed by atoms with Gasteiger partial charge in [0.15, 0.2) is 0 Å². The van der Waals surface area contributed by atoms with Crippen LogP contribution in [0, 0.1) is 5.82 Å². The first-order chi connectivity index (χ1) is 10.2. The van der Waals surface area contributed by atoms with E-state index in [0.29, 0.717) is 0 Å². The lowest BCUT2D eigenvalue weighted by atomic mass is 10.1. The first-order valence-electron chi connectivity index (χ1n) is 6.88. The monoisotopic (exact) mass is 301 g/mol. The molecule has 0 radical (unpaired) electrons. The number of halogens is 2. The van der Waals surface area contributed by atoms with Gasteiger partial charge in [-0.2, -0.15) is 0 Å². The van der Waals surface area contributed by atoms with Crippen LogP contribution in [0.5, 0.6) is 5.75 Å². The Kier molecular flexibility index (Phi) is 2.89. The Bertz CT molecular complexity index is 827. The first kappa shape index (κ1) is 12.7. The van der Waals surface area contributed by atoms with E-state index < -0.39 is 0 Å². The van der Waals surface area contributed by atoms with Gasteiger partial charge in [-0.15, -0.1) is 0 Å². The summed E-state index contributed by atoms with van der Waals surface area (Å²) >= 11 is 6.07. The van der Waals surface area contributed by atoms with Gasteiger partial charge in [-0.1, -0.05) is 17.7 Å². The molecule has 3 aromatic rings. The highest BCUT2D eigenvalue weighted by Gasteiger charge is 2.23. The summed E-state index contributed by atoms with van der Waals surface area (Å²) in [6, 6.07) is 12.6. The maximum atomic E-state index is 13.2. The molecule has 2 heterocycles. The molecule has 1 unspecified atom stereocenters. The van der Waals surface area contributed by atoms with Crippen LogP contribution < -0.4 is 4.74 Å². The molecule has 1 aliphatic rings. The van der Waals surface area contributed by atoms with Crippen molar-refractivity contribution in [3.63, 3.8) is 0 Å². The summed E-state index contributed by atoms with van der Waals surface area (Å²) in [4.78, 5) is 0. The minimum Gasteiger partial charge on any atom is -0.488 e. The van der Waals surface area contributed by atoms with Crippen LogP contribution in [0.3, 0.4) is 0 Å². The number of aromatic nitrogens is 1. The van der Waals surface area contributed by atoms with E-state index in [1.165, 1.54) is 6.07 Å². The Balaban J connectivity index is 1.61. The number of hydrogen-bond acceptors (Lipinski definition) is 1. The molecule has 2 aromatic carbocycles. The van der Waals surface area contributed by atoms with Gasteiger partial charge in [0.25, 0.3) is 0 Å². The van der Waals surface area contributed by atoms with Crippen LogP contribution in [0.1, 0.15) is 5.56 Å². The van der Waals surface area contributed by atoms with Crippen LogP contribution in [-0.4, -0.2) is 10.7 Å². The minimum absolute atomic E-state index is 0.0244. The van der Waals surface area contributed by atoms with E-state index in [2.05, 4.69) is 10.6 Å². The Morgan fingerprint density at radius 2 is 2.10 bits per heavy atom. The van der Waals surface area contributed by atoms with E-state index in [1.54, 1.807) is 12.1 Å². The molecular weight excluding hydrogens is 289 g/mol. The van der Waals surface area contributed by atoms with Gasteiger partial charge in [-0.05, 0) is 41.8 Å². The molecule has 0 N–H and O–H groups in total. The highest BCUT2D eigenvalue weighted by molar-refractivity contribution is 6.31. The van der Waals surface area contributed by atoms with Crippen molar-refractivity contribution in [2.24, 2.45) is 0 Å². The lowest BCUT2D eigenvalue weighted by Gasteiger charge is -2.13. The highest BCUT2D eigenvalue weighted by atomic mass is 35.5. The van der Waals surface area contributed by atoms with Gasteiger partial charge in [0.1, 0.15) is 17.7 Å². The zero-order chi connectivity index (χ0) is 14.4. The third-order valence-corrected chi connectivity index (χ3v) is 4.14. The zero-order valence-electron chi connectivity index (χ0n) is 11.2. The number of ether oxygens (including phenoxy) is 1. The van der Waals surface area contributed by atoms with Gasteiger partial charge < -0.3 is 9.30 Å². The fourth-order valence-corrected chi connectivity index (χ4v) is 3.09. The van der Waals surface area contributed by atoms with Crippen LogP contribution in [0.15, 0.2) is 48.7 Å². The molecule has 0 spiro atoms. The summed E-state index contributed by atoms with van der Waals surface area (Å²) in [7, 11) is 0. The van der Waals surface area contributed by atoms with Gasteiger partial charge in [-0.25, -0.2) is 4.39 Å². The molecular formula is C17H13ClFNO. The predicted octanol–water partition coefficient (Wildman–Crippen LogP) is 4.44. The first-order valence-corrected chi connectivity index (χ1v) is 7.26. The molecule has 106 valence electrons. The standard InChI is InChI=1S/C17H13ClFNO/c18-13-2-1-11-5-6-20(16(11)9-13)10-15-8-12-7-14(19)3-4-17(12)21-15/h1-7,9,15H,8,10H2. The maximum absolute atomic E-state index is 13.2. The average molecular weight is 302 g/mol. The van der Waals surface area contributed by atoms with Gasteiger partial charge in [0.05, 0.1) is 6.54 Å².